The second kappa shape index (κ2) is 5.46. The molecule has 3 N–H and O–H groups in total. The highest BCUT2D eigenvalue weighted by Crippen LogP contribution is 2.22. The molecule has 0 aliphatic rings. The molecule has 20 heavy (non-hydrogen) atoms. The number of para-hydroxylation sites is 1. The summed E-state index contributed by atoms with van der Waals surface area (Å²) in [6.07, 6.45) is 3.74. The van der Waals surface area contributed by atoms with Crippen LogP contribution < -0.4 is 11.1 Å². The number of thiazole rings is 1. The molecule has 0 spiro atoms. The third-order valence-electron chi connectivity index (χ3n) is 3.24. The van der Waals surface area contributed by atoms with Gasteiger partial charge in [-0.05, 0) is 30.5 Å². The van der Waals surface area contributed by atoms with Crippen molar-refractivity contribution in [2.45, 2.75) is 12.8 Å². The lowest BCUT2D eigenvalue weighted by molar-refractivity contribution is 0.974. The predicted octanol–water partition coefficient (Wildman–Crippen LogP) is 3.10. The number of anilines is 2. The van der Waals surface area contributed by atoms with Crippen LogP contribution in [0.1, 0.15) is 10.4 Å². The van der Waals surface area contributed by atoms with Gasteiger partial charge in [0.1, 0.15) is 5.82 Å². The summed E-state index contributed by atoms with van der Waals surface area (Å²) in [6, 6.07) is 10.2. The molecule has 0 aliphatic carbocycles. The van der Waals surface area contributed by atoms with Gasteiger partial charge >= 0.3 is 0 Å². The van der Waals surface area contributed by atoms with Crippen LogP contribution in [0.25, 0.3) is 10.9 Å². The zero-order chi connectivity index (χ0) is 13.9. The molecule has 0 radical (unpaired) electrons. The molecule has 2 aromatic heterocycles. The van der Waals surface area contributed by atoms with Crippen LogP contribution in [-0.2, 0) is 12.8 Å². The fraction of sp³-hybridized carbons (Fsp3) is 0.200. The maximum atomic E-state index is 6.05. The molecule has 0 atom stereocenters. The van der Waals surface area contributed by atoms with E-state index in [9.17, 15) is 0 Å². The SMILES string of the molecule is CNc1ncc(CCc2cc3ccccc3nc2N)s1. The molecule has 0 amide bonds. The second-order valence-electron chi connectivity index (χ2n) is 4.61. The van der Waals surface area contributed by atoms with Crippen molar-refractivity contribution in [2.75, 3.05) is 18.1 Å². The van der Waals surface area contributed by atoms with E-state index in [4.69, 9.17) is 5.73 Å². The highest BCUT2D eigenvalue weighted by molar-refractivity contribution is 7.15. The van der Waals surface area contributed by atoms with E-state index in [0.717, 1.165) is 34.4 Å². The molecule has 1 aromatic carbocycles. The Morgan fingerprint density at radius 3 is 2.90 bits per heavy atom. The van der Waals surface area contributed by atoms with E-state index in [0.29, 0.717) is 5.82 Å². The number of hydrogen-bond acceptors (Lipinski definition) is 5. The van der Waals surface area contributed by atoms with E-state index >= 15 is 0 Å². The smallest absolute Gasteiger partial charge is 0.182 e. The van der Waals surface area contributed by atoms with Crippen LogP contribution in [0.5, 0.6) is 0 Å². The van der Waals surface area contributed by atoms with Crippen molar-refractivity contribution in [1.29, 1.82) is 0 Å². The molecule has 0 saturated carbocycles. The topological polar surface area (TPSA) is 63.8 Å². The number of aromatic nitrogens is 2. The number of rotatable bonds is 4. The molecule has 0 saturated heterocycles. The molecule has 3 aromatic rings. The molecule has 0 bridgehead atoms. The fourth-order valence-electron chi connectivity index (χ4n) is 2.17. The highest BCUT2D eigenvalue weighted by Gasteiger charge is 2.06. The summed E-state index contributed by atoms with van der Waals surface area (Å²) in [4.78, 5) is 9.99. The zero-order valence-electron chi connectivity index (χ0n) is 11.3. The Morgan fingerprint density at radius 1 is 1.25 bits per heavy atom. The maximum absolute atomic E-state index is 6.05. The maximum Gasteiger partial charge on any atom is 0.182 e. The van der Waals surface area contributed by atoms with Crippen molar-refractivity contribution in [3.05, 3.63) is 47.0 Å². The van der Waals surface area contributed by atoms with E-state index in [1.807, 2.05) is 31.4 Å². The first kappa shape index (κ1) is 12.9. The van der Waals surface area contributed by atoms with Crippen molar-refractivity contribution in [3.8, 4) is 0 Å². The Labute approximate surface area is 121 Å². The normalized spacial score (nSPS) is 10.8. The van der Waals surface area contributed by atoms with E-state index in [2.05, 4.69) is 27.4 Å². The molecule has 102 valence electrons. The van der Waals surface area contributed by atoms with Crippen LogP contribution >= 0.6 is 11.3 Å². The van der Waals surface area contributed by atoms with Crippen molar-refractivity contribution in [2.24, 2.45) is 0 Å². The van der Waals surface area contributed by atoms with E-state index in [1.54, 1.807) is 11.3 Å². The summed E-state index contributed by atoms with van der Waals surface area (Å²) in [5.41, 5.74) is 8.09. The van der Waals surface area contributed by atoms with Crippen LogP contribution in [0.2, 0.25) is 0 Å². The van der Waals surface area contributed by atoms with Crippen molar-refractivity contribution < 1.29 is 0 Å². The first-order valence-corrected chi connectivity index (χ1v) is 7.34. The molecular weight excluding hydrogens is 268 g/mol. The number of nitrogen functional groups attached to an aromatic ring is 1. The quantitative estimate of drug-likeness (QED) is 0.772. The van der Waals surface area contributed by atoms with Gasteiger partial charge in [0.15, 0.2) is 5.13 Å². The molecule has 5 heteroatoms. The van der Waals surface area contributed by atoms with Crippen molar-refractivity contribution in [3.63, 3.8) is 0 Å². The molecule has 0 unspecified atom stereocenters. The van der Waals surface area contributed by atoms with Gasteiger partial charge in [0.05, 0.1) is 5.52 Å². The third kappa shape index (κ3) is 2.58. The van der Waals surface area contributed by atoms with Gasteiger partial charge in [-0.25, -0.2) is 9.97 Å². The lowest BCUT2D eigenvalue weighted by Gasteiger charge is -2.06. The fourth-order valence-corrected chi connectivity index (χ4v) is 2.94. The second-order valence-corrected chi connectivity index (χ2v) is 5.72. The van der Waals surface area contributed by atoms with Gasteiger partial charge in [-0.15, -0.1) is 11.3 Å². The number of aryl methyl sites for hydroxylation is 2. The van der Waals surface area contributed by atoms with Gasteiger partial charge < -0.3 is 11.1 Å². The molecular formula is C15H16N4S. The zero-order valence-corrected chi connectivity index (χ0v) is 12.1. The number of nitrogens with one attached hydrogen (secondary N) is 1. The van der Waals surface area contributed by atoms with E-state index in [-0.39, 0.29) is 0 Å². The minimum Gasteiger partial charge on any atom is -0.383 e. The van der Waals surface area contributed by atoms with Gasteiger partial charge in [-0.1, -0.05) is 18.2 Å². The highest BCUT2D eigenvalue weighted by atomic mass is 32.1. The Kier molecular flexibility index (Phi) is 3.52. The number of hydrogen-bond donors (Lipinski definition) is 2. The Balaban J connectivity index is 1.81. The molecule has 4 nitrogen and oxygen atoms in total. The number of nitrogens with zero attached hydrogens (tertiary/aromatic N) is 2. The first-order valence-electron chi connectivity index (χ1n) is 6.53. The molecule has 3 rings (SSSR count). The first-order chi connectivity index (χ1) is 9.76. The van der Waals surface area contributed by atoms with Gasteiger partial charge in [0.25, 0.3) is 0 Å². The minimum absolute atomic E-state index is 0.627. The molecule has 0 fully saturated rings. The van der Waals surface area contributed by atoms with Crippen molar-refractivity contribution >= 4 is 33.2 Å². The lowest BCUT2D eigenvalue weighted by atomic mass is 10.1. The number of pyridine rings is 1. The Bertz CT molecular complexity index is 736. The summed E-state index contributed by atoms with van der Waals surface area (Å²) in [6.45, 7) is 0. The minimum atomic E-state index is 0.627. The van der Waals surface area contributed by atoms with Gasteiger partial charge in [0.2, 0.25) is 0 Å². The predicted molar refractivity (Wildman–Crippen MR) is 85.2 cm³/mol. The number of nitrogens with two attached hydrogens (primary N) is 1. The molecule has 2 heterocycles. The van der Waals surface area contributed by atoms with Crippen LogP contribution in [0.3, 0.4) is 0 Å². The van der Waals surface area contributed by atoms with E-state index < -0.39 is 0 Å². The van der Waals surface area contributed by atoms with Gasteiger partial charge in [0, 0.05) is 23.5 Å². The third-order valence-corrected chi connectivity index (χ3v) is 4.32. The largest absolute Gasteiger partial charge is 0.383 e. The van der Waals surface area contributed by atoms with Crippen LogP contribution in [0, 0.1) is 0 Å². The number of fused-ring (bicyclic) bond motifs is 1. The summed E-state index contributed by atoms with van der Waals surface area (Å²) >= 11 is 1.68. The summed E-state index contributed by atoms with van der Waals surface area (Å²) < 4.78 is 0. The van der Waals surface area contributed by atoms with E-state index in [1.165, 1.54) is 4.88 Å². The standard InChI is InChI=1S/C15H16N4S/c1-17-15-18-9-12(20-15)7-6-11-8-10-4-2-3-5-13(10)19-14(11)16/h2-5,8-9H,6-7H2,1H3,(H2,16,19)(H,17,18). The average Bonchev–Trinajstić information content (AvgIpc) is 2.93. The van der Waals surface area contributed by atoms with Crippen LogP contribution in [0.4, 0.5) is 10.9 Å². The lowest BCUT2D eigenvalue weighted by Crippen LogP contribution is -1.99. The monoisotopic (exact) mass is 284 g/mol. The van der Waals surface area contributed by atoms with Gasteiger partial charge in [-0.2, -0.15) is 0 Å². The summed E-state index contributed by atoms with van der Waals surface area (Å²) in [7, 11) is 1.88. The Morgan fingerprint density at radius 2 is 2.10 bits per heavy atom. The van der Waals surface area contributed by atoms with Crippen LogP contribution in [0.15, 0.2) is 36.5 Å². The molecule has 0 aliphatic heterocycles. The number of benzene rings is 1. The Hall–Kier alpha value is -2.14. The summed E-state index contributed by atoms with van der Waals surface area (Å²) in [5, 5.41) is 5.14. The summed E-state index contributed by atoms with van der Waals surface area (Å²) in [5.74, 6) is 0.627. The van der Waals surface area contributed by atoms with Crippen molar-refractivity contribution in [1.82, 2.24) is 9.97 Å². The average molecular weight is 284 g/mol. The van der Waals surface area contributed by atoms with Gasteiger partial charge in [-0.3, -0.25) is 0 Å². The van der Waals surface area contributed by atoms with Crippen LogP contribution in [-0.4, -0.2) is 17.0 Å².